The maximum atomic E-state index is 11.7. The monoisotopic (exact) mass is 314 g/mol. The van der Waals surface area contributed by atoms with Crippen LogP contribution in [-0.4, -0.2) is 54.6 Å². The van der Waals surface area contributed by atoms with Gasteiger partial charge in [0.15, 0.2) is 5.16 Å². The average Bonchev–Trinajstić information content (AvgIpc) is 3.14. The van der Waals surface area contributed by atoms with E-state index in [1.54, 1.807) is 6.33 Å². The number of nitrogens with zero attached hydrogens (tertiary/aromatic N) is 3. The Labute approximate surface area is 123 Å². The molecule has 1 amide bonds. The van der Waals surface area contributed by atoms with E-state index >= 15 is 0 Å². The number of rotatable bonds is 8. The van der Waals surface area contributed by atoms with Gasteiger partial charge in [-0.1, -0.05) is 11.8 Å². The largest absolute Gasteiger partial charge is 0.481 e. The van der Waals surface area contributed by atoms with Crippen molar-refractivity contribution in [3.8, 4) is 0 Å². The number of carboxylic acid groups (broad SMARTS) is 2. The molecule has 21 heavy (non-hydrogen) atoms. The quantitative estimate of drug-likeness (QED) is 0.559. The number of carbonyl (C=O) groups is 3. The zero-order valence-corrected chi connectivity index (χ0v) is 11.7. The number of nitrogens with one attached hydrogen (secondary N) is 1. The zero-order valence-electron chi connectivity index (χ0n) is 10.9. The summed E-state index contributed by atoms with van der Waals surface area (Å²) >= 11 is 1.14. The number of aromatic nitrogens is 3. The Morgan fingerprint density at radius 2 is 2.14 bits per heavy atom. The van der Waals surface area contributed by atoms with Crippen molar-refractivity contribution < 1.29 is 24.6 Å². The van der Waals surface area contributed by atoms with Crippen LogP contribution in [0.1, 0.15) is 25.3 Å². The first-order valence-electron chi connectivity index (χ1n) is 6.23. The van der Waals surface area contributed by atoms with E-state index in [1.807, 2.05) is 4.57 Å². The first kappa shape index (κ1) is 15.3. The molecule has 114 valence electrons. The minimum Gasteiger partial charge on any atom is -0.481 e. The topological polar surface area (TPSA) is 134 Å². The summed E-state index contributed by atoms with van der Waals surface area (Å²) in [6.45, 7) is 0. The van der Waals surface area contributed by atoms with Gasteiger partial charge in [-0.25, -0.2) is 4.79 Å². The van der Waals surface area contributed by atoms with E-state index in [0.29, 0.717) is 11.2 Å². The average molecular weight is 314 g/mol. The molecule has 1 atom stereocenters. The number of hydrogen-bond donors (Lipinski definition) is 3. The molecule has 1 aliphatic carbocycles. The highest BCUT2D eigenvalue weighted by atomic mass is 32.2. The molecule has 10 heteroatoms. The minimum atomic E-state index is -1.43. The number of thioether (sulfide) groups is 1. The number of carbonyl (C=O) groups excluding carboxylic acids is 1. The Hall–Kier alpha value is -2.10. The molecule has 0 aromatic carbocycles. The van der Waals surface area contributed by atoms with E-state index in [1.165, 1.54) is 0 Å². The summed E-state index contributed by atoms with van der Waals surface area (Å²) in [5.74, 6) is -3.27. The highest BCUT2D eigenvalue weighted by Gasteiger charge is 2.27. The molecule has 0 saturated heterocycles. The van der Waals surface area contributed by atoms with E-state index in [4.69, 9.17) is 10.2 Å². The van der Waals surface area contributed by atoms with Crippen LogP contribution in [0.15, 0.2) is 11.5 Å². The van der Waals surface area contributed by atoms with Crippen LogP contribution in [0.3, 0.4) is 0 Å². The predicted molar refractivity (Wildman–Crippen MR) is 70.8 cm³/mol. The molecule has 2 rings (SSSR count). The van der Waals surface area contributed by atoms with Crippen molar-refractivity contribution in [2.45, 2.75) is 36.5 Å². The number of amides is 1. The lowest BCUT2D eigenvalue weighted by molar-refractivity contribution is -0.147. The van der Waals surface area contributed by atoms with Gasteiger partial charge in [-0.15, -0.1) is 10.2 Å². The summed E-state index contributed by atoms with van der Waals surface area (Å²) < 4.78 is 1.88. The third kappa shape index (κ3) is 4.45. The van der Waals surface area contributed by atoms with E-state index in [0.717, 1.165) is 24.6 Å². The van der Waals surface area contributed by atoms with Crippen LogP contribution < -0.4 is 5.32 Å². The molecular formula is C11H14N4O5S. The first-order valence-corrected chi connectivity index (χ1v) is 7.22. The molecule has 1 aromatic rings. The van der Waals surface area contributed by atoms with Gasteiger partial charge in [0, 0.05) is 6.04 Å². The Bertz CT molecular complexity index is 557. The van der Waals surface area contributed by atoms with Crippen LogP contribution >= 0.6 is 11.8 Å². The van der Waals surface area contributed by atoms with Crippen molar-refractivity contribution in [1.29, 1.82) is 0 Å². The lowest BCUT2D eigenvalue weighted by atomic mass is 10.2. The van der Waals surface area contributed by atoms with Crippen LogP contribution in [-0.2, 0) is 14.4 Å². The predicted octanol–water partition coefficient (Wildman–Crippen LogP) is -0.251. The highest BCUT2D eigenvalue weighted by molar-refractivity contribution is 7.99. The van der Waals surface area contributed by atoms with E-state index in [9.17, 15) is 14.4 Å². The van der Waals surface area contributed by atoms with Crippen LogP contribution in [0.2, 0.25) is 0 Å². The standard InChI is InChI=1S/C11H14N4O5S/c16-8(13-7(10(19)20)3-9(17)18)4-21-11-14-12-5-15(11)6-1-2-6/h5-7H,1-4H2,(H,13,16)(H,17,18)(H,19,20). The minimum absolute atomic E-state index is 0.0468. The van der Waals surface area contributed by atoms with Gasteiger partial charge in [0.25, 0.3) is 0 Å². The first-order chi connectivity index (χ1) is 9.97. The van der Waals surface area contributed by atoms with Crippen molar-refractivity contribution in [3.63, 3.8) is 0 Å². The van der Waals surface area contributed by atoms with Crippen molar-refractivity contribution in [3.05, 3.63) is 6.33 Å². The zero-order chi connectivity index (χ0) is 15.4. The van der Waals surface area contributed by atoms with Gasteiger partial charge in [0.1, 0.15) is 12.4 Å². The second-order valence-electron chi connectivity index (χ2n) is 4.60. The Kier molecular flexibility index (Phi) is 4.78. The maximum absolute atomic E-state index is 11.7. The van der Waals surface area contributed by atoms with Gasteiger partial charge in [-0.3, -0.25) is 9.59 Å². The molecule has 1 unspecified atom stereocenters. The summed E-state index contributed by atoms with van der Waals surface area (Å²) in [5.41, 5.74) is 0. The molecule has 3 N–H and O–H groups in total. The molecule has 1 aliphatic rings. The summed E-state index contributed by atoms with van der Waals surface area (Å²) in [6, 6.07) is -1.05. The molecule has 0 spiro atoms. The van der Waals surface area contributed by atoms with Crippen LogP contribution in [0.5, 0.6) is 0 Å². The van der Waals surface area contributed by atoms with E-state index in [-0.39, 0.29) is 5.75 Å². The Morgan fingerprint density at radius 1 is 1.43 bits per heavy atom. The van der Waals surface area contributed by atoms with Gasteiger partial charge in [-0.2, -0.15) is 0 Å². The molecule has 0 bridgehead atoms. The molecule has 1 aromatic heterocycles. The van der Waals surface area contributed by atoms with Crippen molar-refractivity contribution in [1.82, 2.24) is 20.1 Å². The molecular weight excluding hydrogens is 300 g/mol. The third-order valence-electron chi connectivity index (χ3n) is 2.82. The van der Waals surface area contributed by atoms with Crippen molar-refractivity contribution >= 4 is 29.6 Å². The molecule has 0 aliphatic heterocycles. The summed E-state index contributed by atoms with van der Waals surface area (Å²) in [7, 11) is 0. The van der Waals surface area contributed by atoms with Crippen LogP contribution in [0, 0.1) is 0 Å². The van der Waals surface area contributed by atoms with Crippen LogP contribution in [0.25, 0.3) is 0 Å². The van der Waals surface area contributed by atoms with Gasteiger partial charge in [-0.05, 0) is 12.8 Å². The van der Waals surface area contributed by atoms with Gasteiger partial charge >= 0.3 is 11.9 Å². The molecule has 1 fully saturated rings. The third-order valence-corrected chi connectivity index (χ3v) is 3.78. The fourth-order valence-corrected chi connectivity index (χ4v) is 2.47. The van der Waals surface area contributed by atoms with Gasteiger partial charge in [0.05, 0.1) is 12.2 Å². The lowest BCUT2D eigenvalue weighted by Crippen LogP contribution is -2.43. The summed E-state index contributed by atoms with van der Waals surface area (Å²) in [6.07, 6.45) is 3.04. The van der Waals surface area contributed by atoms with E-state index in [2.05, 4.69) is 15.5 Å². The Morgan fingerprint density at radius 3 is 2.71 bits per heavy atom. The smallest absolute Gasteiger partial charge is 0.326 e. The second kappa shape index (κ2) is 6.57. The van der Waals surface area contributed by atoms with Crippen LogP contribution in [0.4, 0.5) is 0 Å². The second-order valence-corrected chi connectivity index (χ2v) is 5.54. The van der Waals surface area contributed by atoms with Crippen molar-refractivity contribution in [2.24, 2.45) is 0 Å². The van der Waals surface area contributed by atoms with Gasteiger partial charge in [0.2, 0.25) is 5.91 Å². The molecule has 0 radical (unpaired) electrons. The van der Waals surface area contributed by atoms with Crippen molar-refractivity contribution in [2.75, 3.05) is 5.75 Å². The fraction of sp³-hybridized carbons (Fsp3) is 0.545. The number of aliphatic carboxylic acids is 2. The number of hydrogen-bond acceptors (Lipinski definition) is 6. The summed E-state index contributed by atoms with van der Waals surface area (Å²) in [4.78, 5) is 33.1. The normalized spacial score (nSPS) is 15.4. The molecule has 9 nitrogen and oxygen atoms in total. The lowest BCUT2D eigenvalue weighted by Gasteiger charge is -2.12. The molecule has 1 saturated carbocycles. The SMILES string of the molecule is O=C(O)CC(NC(=O)CSc1nncn1C1CC1)C(=O)O. The maximum Gasteiger partial charge on any atom is 0.326 e. The Balaban J connectivity index is 1.84. The highest BCUT2D eigenvalue weighted by Crippen LogP contribution is 2.37. The summed E-state index contributed by atoms with van der Waals surface area (Å²) in [5, 5.41) is 27.9. The van der Waals surface area contributed by atoms with Gasteiger partial charge < -0.3 is 20.1 Å². The number of carboxylic acids is 2. The van der Waals surface area contributed by atoms with E-state index < -0.39 is 30.3 Å². The molecule has 1 heterocycles. The fourth-order valence-electron chi connectivity index (χ4n) is 1.68.